The molecule has 0 aliphatic rings. The lowest BCUT2D eigenvalue weighted by molar-refractivity contribution is 0.448. The summed E-state index contributed by atoms with van der Waals surface area (Å²) < 4.78 is 0. The summed E-state index contributed by atoms with van der Waals surface area (Å²) in [6.07, 6.45) is 22.9. The highest BCUT2D eigenvalue weighted by molar-refractivity contribution is 5.47. The van der Waals surface area contributed by atoms with Crippen molar-refractivity contribution in [2.24, 2.45) is 0 Å². The minimum atomic E-state index is 0.125. The van der Waals surface area contributed by atoms with Crippen molar-refractivity contribution in [1.82, 2.24) is 0 Å². The van der Waals surface area contributed by atoms with Crippen LogP contribution in [0.4, 0.5) is 0 Å². The van der Waals surface area contributed by atoms with Crippen LogP contribution in [-0.2, 0) is 11.8 Å². The summed E-state index contributed by atoms with van der Waals surface area (Å²) >= 11 is 0. The van der Waals surface area contributed by atoms with Crippen LogP contribution in [0.2, 0.25) is 0 Å². The first-order valence-corrected chi connectivity index (χ1v) is 14.2. The summed E-state index contributed by atoms with van der Waals surface area (Å²) in [5, 5.41) is 10.9. The average molecular weight is 445 g/mol. The van der Waals surface area contributed by atoms with Crippen molar-refractivity contribution in [3.8, 4) is 5.75 Å². The number of phenols is 1. The molecule has 0 bridgehead atoms. The first-order chi connectivity index (χ1) is 15.3. The Bertz CT molecular complexity index is 595. The molecule has 0 saturated heterocycles. The maximum atomic E-state index is 10.9. The van der Waals surface area contributed by atoms with Crippen molar-refractivity contribution in [1.29, 1.82) is 0 Å². The number of benzene rings is 1. The average Bonchev–Trinajstić information content (AvgIpc) is 2.74. The SMILES string of the molecule is CCCCCCCCCCCCCCCCC(C)c1cc(C(C)(C)C)cc(CCC)c1O. The van der Waals surface area contributed by atoms with Crippen LogP contribution in [0.1, 0.15) is 167 Å². The number of hydrogen-bond acceptors (Lipinski definition) is 1. The van der Waals surface area contributed by atoms with Crippen LogP contribution in [0.3, 0.4) is 0 Å². The molecule has 0 spiro atoms. The van der Waals surface area contributed by atoms with Crippen molar-refractivity contribution in [2.75, 3.05) is 0 Å². The van der Waals surface area contributed by atoms with Gasteiger partial charge >= 0.3 is 0 Å². The Kier molecular flexibility index (Phi) is 15.1. The summed E-state index contributed by atoms with van der Waals surface area (Å²) in [5.74, 6) is 1.00. The smallest absolute Gasteiger partial charge is 0.122 e. The van der Waals surface area contributed by atoms with Crippen LogP contribution in [0.15, 0.2) is 12.1 Å². The van der Waals surface area contributed by atoms with Gasteiger partial charge < -0.3 is 5.11 Å². The van der Waals surface area contributed by atoms with Gasteiger partial charge in [0.1, 0.15) is 5.75 Å². The molecule has 1 unspecified atom stereocenters. The molecule has 0 fully saturated rings. The zero-order valence-electron chi connectivity index (χ0n) is 22.7. The van der Waals surface area contributed by atoms with E-state index in [0.717, 1.165) is 18.4 Å². The van der Waals surface area contributed by atoms with Crippen molar-refractivity contribution in [2.45, 2.75) is 162 Å². The lowest BCUT2D eigenvalue weighted by Crippen LogP contribution is -2.13. The summed E-state index contributed by atoms with van der Waals surface area (Å²) in [6.45, 7) is 13.6. The summed E-state index contributed by atoms with van der Waals surface area (Å²) in [7, 11) is 0. The highest BCUT2D eigenvalue weighted by Gasteiger charge is 2.20. The molecule has 1 rings (SSSR count). The fourth-order valence-electron chi connectivity index (χ4n) is 4.79. The molecular formula is C31H56O. The highest BCUT2D eigenvalue weighted by atomic mass is 16.3. The third-order valence-electron chi connectivity index (χ3n) is 7.13. The van der Waals surface area contributed by atoms with Crippen LogP contribution >= 0.6 is 0 Å². The molecule has 0 saturated carbocycles. The molecule has 1 heteroatoms. The summed E-state index contributed by atoms with van der Waals surface area (Å²) in [5.41, 5.74) is 3.81. The molecule has 0 aromatic heterocycles. The molecule has 0 heterocycles. The predicted molar refractivity (Wildman–Crippen MR) is 144 cm³/mol. The fraction of sp³-hybridized carbons (Fsp3) is 0.806. The second kappa shape index (κ2) is 16.6. The van der Waals surface area contributed by atoms with Gasteiger partial charge in [0.2, 0.25) is 0 Å². The number of aromatic hydroxyl groups is 1. The fourth-order valence-corrected chi connectivity index (χ4v) is 4.79. The minimum absolute atomic E-state index is 0.125. The Labute approximate surface area is 201 Å². The van der Waals surface area contributed by atoms with Gasteiger partial charge in [-0.1, -0.05) is 150 Å². The second-order valence-corrected chi connectivity index (χ2v) is 11.4. The van der Waals surface area contributed by atoms with Crippen LogP contribution < -0.4 is 0 Å². The summed E-state index contributed by atoms with van der Waals surface area (Å²) in [6, 6.07) is 4.52. The third-order valence-corrected chi connectivity index (χ3v) is 7.13. The van der Waals surface area contributed by atoms with Crippen molar-refractivity contribution < 1.29 is 5.11 Å². The van der Waals surface area contributed by atoms with Gasteiger partial charge in [-0.3, -0.25) is 0 Å². The molecule has 1 aromatic rings. The molecule has 1 atom stereocenters. The number of rotatable bonds is 18. The molecule has 186 valence electrons. The topological polar surface area (TPSA) is 20.2 Å². The van der Waals surface area contributed by atoms with Crippen LogP contribution in [0.25, 0.3) is 0 Å². The van der Waals surface area contributed by atoms with E-state index in [9.17, 15) is 5.11 Å². The minimum Gasteiger partial charge on any atom is -0.507 e. The Hall–Kier alpha value is -0.980. The van der Waals surface area contributed by atoms with E-state index in [2.05, 4.69) is 53.7 Å². The third kappa shape index (κ3) is 11.8. The largest absolute Gasteiger partial charge is 0.507 e. The molecule has 0 amide bonds. The number of unbranched alkanes of at least 4 members (excludes halogenated alkanes) is 13. The van der Waals surface area contributed by atoms with Gasteiger partial charge in [0.05, 0.1) is 0 Å². The molecule has 1 N–H and O–H groups in total. The van der Waals surface area contributed by atoms with Gasteiger partial charge in [-0.15, -0.1) is 0 Å². The van der Waals surface area contributed by atoms with Crippen molar-refractivity contribution in [3.05, 3.63) is 28.8 Å². The van der Waals surface area contributed by atoms with Crippen LogP contribution in [0.5, 0.6) is 5.75 Å². The summed E-state index contributed by atoms with van der Waals surface area (Å²) in [4.78, 5) is 0. The molecule has 0 aliphatic carbocycles. The van der Waals surface area contributed by atoms with Gasteiger partial charge in [-0.25, -0.2) is 0 Å². The second-order valence-electron chi connectivity index (χ2n) is 11.4. The van der Waals surface area contributed by atoms with E-state index >= 15 is 0 Å². The Balaban J connectivity index is 2.25. The maximum Gasteiger partial charge on any atom is 0.122 e. The normalized spacial score (nSPS) is 12.9. The quantitative estimate of drug-likeness (QED) is 0.223. The van der Waals surface area contributed by atoms with E-state index in [1.807, 2.05) is 0 Å². The lowest BCUT2D eigenvalue weighted by Gasteiger charge is -2.24. The van der Waals surface area contributed by atoms with E-state index in [-0.39, 0.29) is 5.41 Å². The Morgan fingerprint density at radius 2 is 1.16 bits per heavy atom. The highest BCUT2D eigenvalue weighted by Crippen LogP contribution is 2.37. The van der Waals surface area contributed by atoms with Gasteiger partial charge in [-0.05, 0) is 40.9 Å². The zero-order valence-corrected chi connectivity index (χ0v) is 22.7. The monoisotopic (exact) mass is 444 g/mol. The number of phenolic OH excluding ortho intramolecular Hbond substituents is 1. The van der Waals surface area contributed by atoms with E-state index in [1.54, 1.807) is 0 Å². The Morgan fingerprint density at radius 3 is 1.59 bits per heavy atom. The zero-order chi connectivity index (χ0) is 23.8. The van der Waals surface area contributed by atoms with Gasteiger partial charge in [0.25, 0.3) is 0 Å². The van der Waals surface area contributed by atoms with E-state index in [1.165, 1.54) is 107 Å². The Morgan fingerprint density at radius 1 is 0.688 bits per heavy atom. The molecule has 32 heavy (non-hydrogen) atoms. The van der Waals surface area contributed by atoms with E-state index in [4.69, 9.17) is 0 Å². The lowest BCUT2D eigenvalue weighted by atomic mass is 9.81. The maximum absolute atomic E-state index is 10.9. The standard InChI is InChI=1S/C31H56O/c1-7-9-10-11-12-13-14-15-16-17-18-19-20-21-23-26(3)29-25-28(31(4,5)6)24-27(22-8-2)30(29)32/h24-26,32H,7-23H2,1-6H3. The van der Waals surface area contributed by atoms with E-state index < -0.39 is 0 Å². The van der Waals surface area contributed by atoms with E-state index in [0.29, 0.717) is 11.7 Å². The molecule has 1 aromatic carbocycles. The molecular weight excluding hydrogens is 388 g/mol. The van der Waals surface area contributed by atoms with Crippen molar-refractivity contribution in [3.63, 3.8) is 0 Å². The first-order valence-electron chi connectivity index (χ1n) is 14.2. The van der Waals surface area contributed by atoms with Crippen LogP contribution in [0, 0.1) is 0 Å². The number of aryl methyl sites for hydroxylation is 1. The number of hydrogen-bond donors (Lipinski definition) is 1. The van der Waals surface area contributed by atoms with Crippen molar-refractivity contribution >= 4 is 0 Å². The predicted octanol–water partition coefficient (Wildman–Crippen LogP) is 10.6. The van der Waals surface area contributed by atoms with Gasteiger partial charge in [0.15, 0.2) is 0 Å². The van der Waals surface area contributed by atoms with Gasteiger partial charge in [0, 0.05) is 0 Å². The molecule has 1 nitrogen and oxygen atoms in total. The first kappa shape index (κ1) is 29.1. The molecule has 0 radical (unpaired) electrons. The molecule has 0 aliphatic heterocycles. The van der Waals surface area contributed by atoms with Crippen LogP contribution in [-0.4, -0.2) is 5.11 Å². The van der Waals surface area contributed by atoms with Gasteiger partial charge in [-0.2, -0.15) is 0 Å².